The Kier molecular flexibility index (Phi) is 6.18. The van der Waals surface area contributed by atoms with Gasteiger partial charge in [-0.1, -0.05) is 37.1 Å². The molecule has 1 saturated heterocycles. The van der Waals surface area contributed by atoms with Gasteiger partial charge in [-0.2, -0.15) is 0 Å². The predicted octanol–water partition coefficient (Wildman–Crippen LogP) is 3.46. The Bertz CT molecular complexity index is 903. The van der Waals surface area contributed by atoms with Gasteiger partial charge in [-0.3, -0.25) is 19.3 Å². The van der Waals surface area contributed by atoms with Gasteiger partial charge in [-0.25, -0.2) is 0 Å². The second-order valence-corrected chi connectivity index (χ2v) is 8.93. The number of thiophene rings is 1. The normalized spacial score (nSPS) is 20.9. The van der Waals surface area contributed by atoms with Gasteiger partial charge in [0.2, 0.25) is 17.7 Å². The number of benzene rings is 1. The van der Waals surface area contributed by atoms with Crippen molar-refractivity contribution in [3.8, 4) is 5.75 Å². The van der Waals surface area contributed by atoms with Gasteiger partial charge < -0.3 is 9.64 Å². The highest BCUT2D eigenvalue weighted by molar-refractivity contribution is 7.09. The van der Waals surface area contributed by atoms with Gasteiger partial charge in [0.25, 0.3) is 0 Å². The van der Waals surface area contributed by atoms with Crippen LogP contribution in [0.15, 0.2) is 41.8 Å². The van der Waals surface area contributed by atoms with Crippen molar-refractivity contribution < 1.29 is 19.1 Å². The van der Waals surface area contributed by atoms with Crippen molar-refractivity contribution in [2.24, 2.45) is 11.8 Å². The van der Waals surface area contributed by atoms with E-state index in [2.05, 4.69) is 0 Å². The molecule has 2 atom stereocenters. The molecular weight excluding hydrogens is 400 g/mol. The maximum Gasteiger partial charge on any atom is 0.243 e. The van der Waals surface area contributed by atoms with Gasteiger partial charge >= 0.3 is 0 Å². The SMILES string of the molecule is COc1ccccc1CN(Cc1cccs1)C(=O)CN1C(=O)C2CCCCC2C1=O. The predicted molar refractivity (Wildman–Crippen MR) is 114 cm³/mol. The summed E-state index contributed by atoms with van der Waals surface area (Å²) in [6, 6.07) is 11.5. The van der Waals surface area contributed by atoms with Crippen molar-refractivity contribution in [1.82, 2.24) is 9.80 Å². The monoisotopic (exact) mass is 426 g/mol. The number of methoxy groups -OCH3 is 1. The summed E-state index contributed by atoms with van der Waals surface area (Å²) in [5.74, 6) is -0.341. The van der Waals surface area contributed by atoms with Gasteiger partial charge in [0.1, 0.15) is 12.3 Å². The minimum Gasteiger partial charge on any atom is -0.496 e. The molecule has 1 aliphatic carbocycles. The molecule has 3 amide bonds. The lowest BCUT2D eigenvalue weighted by molar-refractivity contribution is -0.147. The fourth-order valence-corrected chi connectivity index (χ4v) is 5.20. The van der Waals surface area contributed by atoms with E-state index in [0.717, 1.165) is 36.1 Å². The first-order valence-corrected chi connectivity index (χ1v) is 11.2. The number of carbonyl (C=O) groups is 3. The zero-order valence-electron chi connectivity index (χ0n) is 17.1. The summed E-state index contributed by atoms with van der Waals surface area (Å²) in [5, 5.41) is 1.97. The average molecular weight is 427 g/mol. The summed E-state index contributed by atoms with van der Waals surface area (Å²) < 4.78 is 5.44. The highest BCUT2D eigenvalue weighted by atomic mass is 32.1. The quantitative estimate of drug-likeness (QED) is 0.636. The molecule has 2 unspecified atom stereocenters. The second kappa shape index (κ2) is 9.00. The number of hydrogen-bond donors (Lipinski definition) is 0. The van der Waals surface area contributed by atoms with Crippen LogP contribution in [0.5, 0.6) is 5.75 Å². The van der Waals surface area contributed by atoms with Crippen LogP contribution in [-0.2, 0) is 27.5 Å². The zero-order chi connectivity index (χ0) is 21.1. The number of rotatable bonds is 7. The van der Waals surface area contributed by atoms with Crippen molar-refractivity contribution in [2.75, 3.05) is 13.7 Å². The first-order valence-electron chi connectivity index (χ1n) is 10.4. The topological polar surface area (TPSA) is 66.9 Å². The summed E-state index contributed by atoms with van der Waals surface area (Å²) >= 11 is 1.58. The minimum atomic E-state index is -0.237. The highest BCUT2D eigenvalue weighted by Gasteiger charge is 2.48. The third-order valence-electron chi connectivity index (χ3n) is 6.06. The standard InChI is InChI=1S/C23H26N2O4S/c1-29-20-11-5-2-7-16(20)13-24(14-17-8-6-12-30-17)21(26)15-25-22(27)18-9-3-4-10-19(18)23(25)28/h2,5-8,11-12,18-19H,3-4,9-10,13-15H2,1H3. The van der Waals surface area contributed by atoms with Crippen molar-refractivity contribution >= 4 is 29.1 Å². The number of fused-ring (bicyclic) bond motifs is 1. The molecule has 1 saturated carbocycles. The zero-order valence-corrected chi connectivity index (χ0v) is 17.9. The Balaban J connectivity index is 1.53. The van der Waals surface area contributed by atoms with Gasteiger partial charge in [0, 0.05) is 17.0 Å². The van der Waals surface area contributed by atoms with E-state index >= 15 is 0 Å². The number of hydrogen-bond acceptors (Lipinski definition) is 5. The first kappa shape index (κ1) is 20.6. The molecule has 1 aliphatic heterocycles. The summed E-state index contributed by atoms with van der Waals surface area (Å²) in [7, 11) is 1.60. The van der Waals surface area contributed by atoms with Crippen molar-refractivity contribution in [1.29, 1.82) is 0 Å². The number of nitrogens with zero attached hydrogens (tertiary/aromatic N) is 2. The number of amides is 3. The van der Waals surface area contributed by atoms with Crippen LogP contribution in [0.3, 0.4) is 0 Å². The summed E-state index contributed by atoms with van der Waals surface area (Å²) in [6.45, 7) is 0.590. The van der Waals surface area contributed by atoms with E-state index in [1.165, 1.54) is 4.90 Å². The van der Waals surface area contributed by atoms with Crippen LogP contribution in [0.2, 0.25) is 0 Å². The maximum atomic E-state index is 13.3. The van der Waals surface area contributed by atoms with E-state index < -0.39 is 0 Å². The van der Waals surface area contributed by atoms with E-state index in [0.29, 0.717) is 18.8 Å². The maximum absolute atomic E-state index is 13.3. The Morgan fingerprint density at radius 2 is 1.77 bits per heavy atom. The smallest absolute Gasteiger partial charge is 0.243 e. The average Bonchev–Trinajstić information content (AvgIpc) is 3.36. The Labute approximate surface area is 180 Å². The number of imide groups is 1. The largest absolute Gasteiger partial charge is 0.496 e. The molecule has 7 heteroatoms. The number of ether oxygens (including phenoxy) is 1. The van der Waals surface area contributed by atoms with Crippen LogP contribution in [0.1, 0.15) is 36.1 Å². The summed E-state index contributed by atoms with van der Waals surface area (Å²) in [5.41, 5.74) is 0.887. The fraction of sp³-hybridized carbons (Fsp3) is 0.435. The van der Waals surface area contributed by atoms with E-state index in [1.54, 1.807) is 23.3 Å². The summed E-state index contributed by atoms with van der Waals surface area (Å²) in [6.07, 6.45) is 3.45. The molecule has 0 N–H and O–H groups in total. The molecule has 2 heterocycles. The molecule has 6 nitrogen and oxygen atoms in total. The van der Waals surface area contributed by atoms with E-state index in [4.69, 9.17) is 4.74 Å². The van der Waals surface area contributed by atoms with Crippen molar-refractivity contribution in [2.45, 2.75) is 38.8 Å². The Morgan fingerprint density at radius 1 is 1.07 bits per heavy atom. The molecule has 2 aliphatic rings. The number of likely N-dealkylation sites (tertiary alicyclic amines) is 1. The van der Waals surface area contributed by atoms with Crippen molar-refractivity contribution in [3.05, 3.63) is 52.2 Å². The first-order chi connectivity index (χ1) is 14.6. The van der Waals surface area contributed by atoms with E-state index in [1.807, 2.05) is 41.8 Å². The third kappa shape index (κ3) is 4.12. The second-order valence-electron chi connectivity index (χ2n) is 7.90. The molecule has 4 rings (SSSR count). The molecule has 0 radical (unpaired) electrons. The Morgan fingerprint density at radius 3 is 2.40 bits per heavy atom. The molecule has 0 bridgehead atoms. The molecule has 0 spiro atoms. The molecule has 1 aromatic carbocycles. The molecule has 158 valence electrons. The van der Waals surface area contributed by atoms with Gasteiger partial charge in [-0.05, 0) is 30.4 Å². The number of carbonyl (C=O) groups excluding carboxylic acids is 3. The van der Waals surface area contributed by atoms with Crippen LogP contribution in [-0.4, -0.2) is 41.2 Å². The molecule has 1 aromatic heterocycles. The van der Waals surface area contributed by atoms with E-state index in [9.17, 15) is 14.4 Å². The summed E-state index contributed by atoms with van der Waals surface area (Å²) in [4.78, 5) is 42.8. The van der Waals surface area contributed by atoms with Crippen LogP contribution in [0.4, 0.5) is 0 Å². The molecule has 30 heavy (non-hydrogen) atoms. The fourth-order valence-electron chi connectivity index (χ4n) is 4.48. The van der Waals surface area contributed by atoms with E-state index in [-0.39, 0.29) is 36.1 Å². The van der Waals surface area contributed by atoms with Crippen LogP contribution in [0.25, 0.3) is 0 Å². The minimum absolute atomic E-state index is 0.175. The number of para-hydroxylation sites is 1. The van der Waals surface area contributed by atoms with Gasteiger partial charge in [0.15, 0.2) is 0 Å². The van der Waals surface area contributed by atoms with Gasteiger partial charge in [-0.15, -0.1) is 11.3 Å². The van der Waals surface area contributed by atoms with Gasteiger partial charge in [0.05, 0.1) is 25.5 Å². The lowest BCUT2D eigenvalue weighted by Crippen LogP contribution is -2.42. The lowest BCUT2D eigenvalue weighted by atomic mass is 9.81. The third-order valence-corrected chi connectivity index (χ3v) is 6.92. The van der Waals surface area contributed by atoms with Crippen molar-refractivity contribution in [3.63, 3.8) is 0 Å². The van der Waals surface area contributed by atoms with Crippen LogP contribution >= 0.6 is 11.3 Å². The Hall–Kier alpha value is -2.67. The van der Waals surface area contributed by atoms with Crippen LogP contribution < -0.4 is 4.74 Å². The highest BCUT2D eigenvalue weighted by Crippen LogP contribution is 2.38. The lowest BCUT2D eigenvalue weighted by Gasteiger charge is -2.25. The van der Waals surface area contributed by atoms with Crippen LogP contribution in [0, 0.1) is 11.8 Å². The molecule has 2 aromatic rings. The molecule has 2 fully saturated rings. The molecular formula is C23H26N2O4S.